The molecule has 0 aliphatic heterocycles. The number of rotatable bonds is 10. The number of carbonyl (C=O) groups is 2. The van der Waals surface area contributed by atoms with Gasteiger partial charge in [0, 0.05) is 10.4 Å². The quantitative estimate of drug-likeness (QED) is 0.203. The molecule has 0 bridgehead atoms. The Labute approximate surface area is 220 Å². The first-order chi connectivity index (χ1) is 17.9. The zero-order valence-electron chi connectivity index (χ0n) is 21.3. The average Bonchev–Trinajstić information content (AvgIpc) is 3.23. The van der Waals surface area contributed by atoms with E-state index in [-0.39, 0.29) is 11.1 Å². The van der Waals surface area contributed by atoms with Crippen LogP contribution in [0.3, 0.4) is 0 Å². The van der Waals surface area contributed by atoms with Gasteiger partial charge >= 0.3 is 5.97 Å². The molecule has 2 aromatic carbocycles. The molecule has 192 valence electrons. The minimum atomic E-state index is -0.653. The van der Waals surface area contributed by atoms with Gasteiger partial charge in [-0.15, -0.1) is 11.3 Å². The van der Waals surface area contributed by atoms with Gasteiger partial charge in [0.05, 0.1) is 27.4 Å². The van der Waals surface area contributed by atoms with E-state index >= 15 is 0 Å². The Balaban J connectivity index is 1.96. The van der Waals surface area contributed by atoms with Gasteiger partial charge in [-0.05, 0) is 62.2 Å². The number of benzene rings is 2. The predicted octanol–water partition coefficient (Wildman–Crippen LogP) is 5.86. The second-order valence-electron chi connectivity index (χ2n) is 7.65. The van der Waals surface area contributed by atoms with Gasteiger partial charge in [0.2, 0.25) is 0 Å². The molecular weight excluding hydrogens is 492 g/mol. The van der Waals surface area contributed by atoms with Crippen molar-refractivity contribution in [1.82, 2.24) is 0 Å². The van der Waals surface area contributed by atoms with Gasteiger partial charge < -0.3 is 24.3 Å². The number of methoxy groups -OCH3 is 2. The average molecular weight is 521 g/mol. The van der Waals surface area contributed by atoms with E-state index in [1.54, 1.807) is 18.2 Å². The predicted molar refractivity (Wildman–Crippen MR) is 143 cm³/mol. The summed E-state index contributed by atoms with van der Waals surface area (Å²) in [4.78, 5) is 26.7. The number of ether oxygens (including phenoxy) is 4. The van der Waals surface area contributed by atoms with Gasteiger partial charge in [-0.1, -0.05) is 18.2 Å². The lowest BCUT2D eigenvalue weighted by Gasteiger charge is -2.10. The number of thiophene rings is 1. The van der Waals surface area contributed by atoms with Crippen LogP contribution in [0.2, 0.25) is 0 Å². The highest BCUT2D eigenvalue weighted by Crippen LogP contribution is 2.41. The lowest BCUT2D eigenvalue weighted by atomic mass is 10.0. The van der Waals surface area contributed by atoms with E-state index in [1.807, 2.05) is 51.1 Å². The van der Waals surface area contributed by atoms with Gasteiger partial charge in [-0.3, -0.25) is 4.79 Å². The van der Waals surface area contributed by atoms with Crippen LogP contribution in [0.4, 0.5) is 5.00 Å². The maximum absolute atomic E-state index is 13.1. The van der Waals surface area contributed by atoms with Crippen LogP contribution in [0.1, 0.15) is 34.6 Å². The van der Waals surface area contributed by atoms with Gasteiger partial charge in [-0.2, -0.15) is 5.26 Å². The molecule has 0 spiro atoms. The first-order valence-corrected chi connectivity index (χ1v) is 12.4. The Morgan fingerprint density at radius 1 is 1.03 bits per heavy atom. The van der Waals surface area contributed by atoms with E-state index in [0.717, 1.165) is 10.4 Å². The van der Waals surface area contributed by atoms with E-state index in [9.17, 15) is 14.9 Å². The van der Waals surface area contributed by atoms with Gasteiger partial charge in [0.25, 0.3) is 5.91 Å². The Bertz CT molecular complexity index is 1350. The van der Waals surface area contributed by atoms with Crippen LogP contribution in [0.5, 0.6) is 17.2 Å². The van der Waals surface area contributed by atoms with Crippen molar-refractivity contribution in [2.24, 2.45) is 0 Å². The molecule has 3 rings (SSSR count). The summed E-state index contributed by atoms with van der Waals surface area (Å²) in [6.45, 7) is 6.63. The van der Waals surface area contributed by atoms with Crippen LogP contribution >= 0.6 is 11.3 Å². The molecule has 0 atom stereocenters. The van der Waals surface area contributed by atoms with Crippen LogP contribution in [0.25, 0.3) is 17.2 Å². The van der Waals surface area contributed by atoms with E-state index < -0.39 is 11.9 Å². The summed E-state index contributed by atoms with van der Waals surface area (Å²) >= 11 is 1.23. The Morgan fingerprint density at radius 3 is 2.32 bits per heavy atom. The molecule has 9 heteroatoms. The Hall–Kier alpha value is -4.29. The van der Waals surface area contributed by atoms with Gasteiger partial charge in [0.15, 0.2) is 11.5 Å². The molecule has 1 heterocycles. The fraction of sp³-hybridized carbons (Fsp3) is 0.250. The first-order valence-electron chi connectivity index (χ1n) is 11.6. The molecule has 0 saturated carbocycles. The topological polar surface area (TPSA) is 107 Å². The second-order valence-corrected chi connectivity index (χ2v) is 8.88. The summed E-state index contributed by atoms with van der Waals surface area (Å²) in [5, 5.41) is 12.7. The number of nitriles is 1. The molecular formula is C28H28N2O6S. The Morgan fingerprint density at radius 2 is 1.73 bits per heavy atom. The maximum atomic E-state index is 13.1. The van der Waals surface area contributed by atoms with E-state index in [4.69, 9.17) is 18.9 Å². The van der Waals surface area contributed by atoms with Gasteiger partial charge in [-0.25, -0.2) is 4.79 Å². The van der Waals surface area contributed by atoms with Crippen molar-refractivity contribution < 1.29 is 28.5 Å². The minimum absolute atomic E-state index is 0.143. The van der Waals surface area contributed by atoms with E-state index in [2.05, 4.69) is 5.32 Å². The maximum Gasteiger partial charge on any atom is 0.341 e. The van der Waals surface area contributed by atoms with Crippen LogP contribution in [-0.4, -0.2) is 39.3 Å². The number of amides is 1. The largest absolute Gasteiger partial charge is 0.494 e. The molecule has 1 aromatic heterocycles. The zero-order valence-corrected chi connectivity index (χ0v) is 22.2. The molecule has 37 heavy (non-hydrogen) atoms. The smallest absolute Gasteiger partial charge is 0.341 e. The van der Waals surface area contributed by atoms with E-state index in [1.165, 1.54) is 31.6 Å². The van der Waals surface area contributed by atoms with Gasteiger partial charge in [0.1, 0.15) is 28.0 Å². The third kappa shape index (κ3) is 6.29. The number of nitrogens with zero attached hydrogens (tertiary/aromatic N) is 1. The number of aryl methyl sites for hydroxylation is 1. The molecule has 0 saturated heterocycles. The fourth-order valence-corrected chi connectivity index (χ4v) is 4.76. The van der Waals surface area contributed by atoms with Crippen molar-refractivity contribution in [1.29, 1.82) is 5.26 Å². The fourth-order valence-electron chi connectivity index (χ4n) is 3.70. The monoisotopic (exact) mass is 520 g/mol. The third-order valence-electron chi connectivity index (χ3n) is 5.32. The first kappa shape index (κ1) is 27.3. The highest BCUT2D eigenvalue weighted by molar-refractivity contribution is 7.17. The summed E-state index contributed by atoms with van der Waals surface area (Å²) in [7, 11) is 2.79. The van der Waals surface area contributed by atoms with E-state index in [0.29, 0.717) is 46.6 Å². The molecule has 0 aliphatic rings. The standard InChI is InChI=1S/C28H28N2O6S/c1-6-35-21-11-9-19(10-12-21)24-17(3)37-27(25(24)28(32)34-5)30-26(31)20(16-29)14-18-8-13-22(36-7-2)23(15-18)33-4/h8-15H,6-7H2,1-5H3,(H,30,31)/b20-14+. The Kier molecular flexibility index (Phi) is 9.30. The normalized spacial score (nSPS) is 10.9. The van der Waals surface area contributed by atoms with Crippen molar-refractivity contribution in [3.05, 3.63) is 64.0 Å². The number of carbonyl (C=O) groups excluding carboxylic acids is 2. The SMILES string of the molecule is CCOc1ccc(-c2c(C)sc(NC(=O)/C(C#N)=C/c3ccc(OCC)c(OC)c3)c2C(=O)OC)cc1. The van der Waals surface area contributed by atoms with Crippen LogP contribution < -0.4 is 19.5 Å². The summed E-state index contributed by atoms with van der Waals surface area (Å²) in [6.07, 6.45) is 1.44. The molecule has 1 amide bonds. The molecule has 3 aromatic rings. The number of esters is 1. The molecule has 0 aliphatic carbocycles. The minimum Gasteiger partial charge on any atom is -0.494 e. The van der Waals surface area contributed by atoms with Crippen molar-refractivity contribution in [2.75, 3.05) is 32.8 Å². The van der Waals surface area contributed by atoms with Crippen molar-refractivity contribution in [3.8, 4) is 34.4 Å². The highest BCUT2D eigenvalue weighted by atomic mass is 32.1. The summed E-state index contributed by atoms with van der Waals surface area (Å²) in [5.41, 5.74) is 2.08. The van der Waals surface area contributed by atoms with Crippen molar-refractivity contribution >= 4 is 34.3 Å². The van der Waals surface area contributed by atoms with Crippen molar-refractivity contribution in [3.63, 3.8) is 0 Å². The second kappa shape index (κ2) is 12.6. The van der Waals surface area contributed by atoms with Crippen LogP contribution in [0, 0.1) is 18.3 Å². The zero-order chi connectivity index (χ0) is 26.9. The highest BCUT2D eigenvalue weighted by Gasteiger charge is 2.26. The number of nitrogens with one attached hydrogen (secondary N) is 1. The summed E-state index contributed by atoms with van der Waals surface area (Å²) < 4.78 is 21.4. The number of hydrogen-bond donors (Lipinski definition) is 1. The van der Waals surface area contributed by atoms with Crippen LogP contribution in [-0.2, 0) is 9.53 Å². The van der Waals surface area contributed by atoms with Crippen LogP contribution in [0.15, 0.2) is 48.0 Å². The lowest BCUT2D eigenvalue weighted by molar-refractivity contribution is -0.112. The number of hydrogen-bond acceptors (Lipinski definition) is 8. The lowest BCUT2D eigenvalue weighted by Crippen LogP contribution is -2.15. The molecule has 0 radical (unpaired) electrons. The van der Waals surface area contributed by atoms with Crippen molar-refractivity contribution in [2.45, 2.75) is 20.8 Å². The summed E-state index contributed by atoms with van der Waals surface area (Å²) in [5.74, 6) is 0.503. The third-order valence-corrected chi connectivity index (χ3v) is 6.34. The molecule has 1 N–H and O–H groups in total. The summed E-state index contributed by atoms with van der Waals surface area (Å²) in [6, 6.07) is 14.4. The number of anilines is 1. The molecule has 8 nitrogen and oxygen atoms in total. The molecule has 0 fully saturated rings. The molecule has 0 unspecified atom stereocenters.